The summed E-state index contributed by atoms with van der Waals surface area (Å²) in [5, 5.41) is 10.4. The number of nitro benzene ring substituents is 1. The van der Waals surface area contributed by atoms with Gasteiger partial charge in [-0.3, -0.25) is 10.1 Å². The number of aromatic nitrogens is 1. The minimum Gasteiger partial charge on any atom is -0.375 e. The van der Waals surface area contributed by atoms with Crippen LogP contribution in [0, 0.1) is 15.9 Å². The normalized spacial score (nSPS) is 10.8. The summed E-state index contributed by atoms with van der Waals surface area (Å²) in [5.74, 6) is -1.06. The molecule has 2 aromatic rings. The molecule has 0 amide bonds. The Labute approximate surface area is 91.4 Å². The van der Waals surface area contributed by atoms with Crippen molar-refractivity contribution in [2.75, 3.05) is 5.73 Å². The second-order valence-corrected chi connectivity index (χ2v) is 4.09. The van der Waals surface area contributed by atoms with Gasteiger partial charge < -0.3 is 5.73 Å². The Morgan fingerprint density at radius 3 is 2.93 bits per heavy atom. The van der Waals surface area contributed by atoms with E-state index in [1.165, 1.54) is 0 Å². The third kappa shape index (κ3) is 1.49. The van der Waals surface area contributed by atoms with Gasteiger partial charge in [0.1, 0.15) is 5.02 Å². The molecule has 1 aromatic heterocycles. The fourth-order valence-electron chi connectivity index (χ4n) is 1.14. The van der Waals surface area contributed by atoms with Gasteiger partial charge in [0.2, 0.25) is 5.82 Å². The Kier molecular flexibility index (Phi) is 2.20. The first kappa shape index (κ1) is 10.1. The zero-order chi connectivity index (χ0) is 11.2. The Hall–Kier alpha value is -1.47. The standard InChI is InChI=1S/C7H3ClFN3O2S/c8-4-5(9)3(12(13)14)1-2-6(4)15-7(10)11-2/h1H,(H2,10,11). The summed E-state index contributed by atoms with van der Waals surface area (Å²) in [5.41, 5.74) is 4.93. The highest BCUT2D eigenvalue weighted by atomic mass is 35.5. The lowest BCUT2D eigenvalue weighted by molar-refractivity contribution is -0.387. The summed E-state index contributed by atoms with van der Waals surface area (Å²) in [6.45, 7) is 0. The van der Waals surface area contributed by atoms with Gasteiger partial charge in [-0.05, 0) is 0 Å². The van der Waals surface area contributed by atoms with Crippen LogP contribution >= 0.6 is 22.9 Å². The molecule has 0 atom stereocenters. The molecule has 0 bridgehead atoms. The van der Waals surface area contributed by atoms with Crippen LogP contribution in [0.1, 0.15) is 0 Å². The second-order valence-electron chi connectivity index (χ2n) is 2.68. The number of thiazole rings is 1. The molecule has 0 aliphatic carbocycles. The van der Waals surface area contributed by atoms with Gasteiger partial charge in [0.15, 0.2) is 5.13 Å². The number of hydrogen-bond acceptors (Lipinski definition) is 5. The average molecular weight is 248 g/mol. The van der Waals surface area contributed by atoms with Crippen LogP contribution in [0.2, 0.25) is 5.02 Å². The van der Waals surface area contributed by atoms with E-state index in [0.29, 0.717) is 4.70 Å². The lowest BCUT2D eigenvalue weighted by atomic mass is 10.3. The van der Waals surface area contributed by atoms with E-state index in [1.807, 2.05) is 0 Å². The molecule has 0 fully saturated rings. The molecule has 0 saturated carbocycles. The molecule has 1 heterocycles. The van der Waals surface area contributed by atoms with Gasteiger partial charge in [0, 0.05) is 6.07 Å². The summed E-state index contributed by atoms with van der Waals surface area (Å²) in [7, 11) is 0. The number of hydrogen-bond donors (Lipinski definition) is 1. The molecule has 78 valence electrons. The number of nitrogens with two attached hydrogens (primary N) is 1. The van der Waals surface area contributed by atoms with Crippen LogP contribution in [-0.2, 0) is 0 Å². The smallest absolute Gasteiger partial charge is 0.308 e. The maximum Gasteiger partial charge on any atom is 0.308 e. The van der Waals surface area contributed by atoms with Crippen LogP contribution in [-0.4, -0.2) is 9.91 Å². The molecule has 0 saturated heterocycles. The Bertz CT molecular complexity index is 571. The SMILES string of the molecule is Nc1nc2cc([N+](=O)[O-])c(F)c(Cl)c2s1. The maximum absolute atomic E-state index is 13.4. The summed E-state index contributed by atoms with van der Waals surface area (Å²) < 4.78 is 13.7. The lowest BCUT2D eigenvalue weighted by Gasteiger charge is -1.96. The van der Waals surface area contributed by atoms with Crippen LogP contribution in [0.15, 0.2) is 6.07 Å². The van der Waals surface area contributed by atoms with E-state index in [0.717, 1.165) is 17.4 Å². The molecule has 1 aromatic carbocycles. The molecule has 0 aliphatic rings. The molecular weight excluding hydrogens is 245 g/mol. The van der Waals surface area contributed by atoms with Crippen molar-refractivity contribution in [3.63, 3.8) is 0 Å². The van der Waals surface area contributed by atoms with Gasteiger partial charge >= 0.3 is 5.69 Å². The van der Waals surface area contributed by atoms with E-state index in [9.17, 15) is 14.5 Å². The molecule has 0 radical (unpaired) electrons. The summed E-state index contributed by atoms with van der Waals surface area (Å²) in [6.07, 6.45) is 0. The maximum atomic E-state index is 13.4. The quantitative estimate of drug-likeness (QED) is 0.620. The first-order valence-electron chi connectivity index (χ1n) is 3.69. The van der Waals surface area contributed by atoms with Crippen LogP contribution in [0.5, 0.6) is 0 Å². The number of halogens is 2. The number of nitro groups is 1. The highest BCUT2D eigenvalue weighted by Gasteiger charge is 2.22. The molecule has 0 spiro atoms. The van der Waals surface area contributed by atoms with Crippen molar-refractivity contribution in [2.45, 2.75) is 0 Å². The van der Waals surface area contributed by atoms with E-state index < -0.39 is 16.4 Å². The van der Waals surface area contributed by atoms with Gasteiger partial charge in [0.25, 0.3) is 0 Å². The van der Waals surface area contributed by atoms with Crippen molar-refractivity contribution in [3.8, 4) is 0 Å². The van der Waals surface area contributed by atoms with Crippen LogP contribution < -0.4 is 5.73 Å². The third-order valence-electron chi connectivity index (χ3n) is 1.76. The number of benzene rings is 1. The fraction of sp³-hybridized carbons (Fsp3) is 0. The van der Waals surface area contributed by atoms with Gasteiger partial charge in [-0.2, -0.15) is 4.39 Å². The van der Waals surface area contributed by atoms with Crippen molar-refractivity contribution in [3.05, 3.63) is 27.0 Å². The fourth-order valence-corrected chi connectivity index (χ4v) is 2.19. The van der Waals surface area contributed by atoms with E-state index in [2.05, 4.69) is 4.98 Å². The van der Waals surface area contributed by atoms with Crippen LogP contribution in [0.4, 0.5) is 15.2 Å². The first-order chi connectivity index (χ1) is 7.00. The number of rotatable bonds is 1. The molecule has 5 nitrogen and oxygen atoms in total. The topological polar surface area (TPSA) is 82.0 Å². The molecule has 8 heteroatoms. The third-order valence-corrected chi connectivity index (χ3v) is 3.14. The zero-order valence-electron chi connectivity index (χ0n) is 7.03. The van der Waals surface area contributed by atoms with E-state index in [-0.39, 0.29) is 15.7 Å². The molecule has 2 N–H and O–H groups in total. The molecule has 0 aliphatic heterocycles. The van der Waals surface area contributed by atoms with Gasteiger partial charge in [-0.25, -0.2) is 4.98 Å². The predicted molar refractivity (Wildman–Crippen MR) is 55.7 cm³/mol. The molecule has 2 rings (SSSR count). The van der Waals surface area contributed by atoms with Crippen LogP contribution in [0.3, 0.4) is 0 Å². The Morgan fingerprint density at radius 2 is 2.33 bits per heavy atom. The minimum atomic E-state index is -1.06. The average Bonchev–Trinajstić information content (AvgIpc) is 2.52. The lowest BCUT2D eigenvalue weighted by Crippen LogP contribution is -1.93. The second kappa shape index (κ2) is 3.28. The van der Waals surface area contributed by atoms with E-state index in [4.69, 9.17) is 17.3 Å². The van der Waals surface area contributed by atoms with E-state index >= 15 is 0 Å². The molecular formula is C7H3ClFN3O2S. The van der Waals surface area contributed by atoms with Gasteiger partial charge in [-0.1, -0.05) is 22.9 Å². The summed E-state index contributed by atoms with van der Waals surface area (Å²) >= 11 is 6.61. The largest absolute Gasteiger partial charge is 0.375 e. The summed E-state index contributed by atoms with van der Waals surface area (Å²) in [6, 6.07) is 1.02. The predicted octanol–water partition coefficient (Wildman–Crippen LogP) is 2.58. The number of nitrogen functional groups attached to an aromatic ring is 1. The molecule has 0 unspecified atom stereocenters. The van der Waals surface area contributed by atoms with Crippen molar-refractivity contribution < 1.29 is 9.31 Å². The van der Waals surface area contributed by atoms with Crippen molar-refractivity contribution >= 4 is 44.0 Å². The summed E-state index contributed by atoms with van der Waals surface area (Å²) in [4.78, 5) is 13.4. The first-order valence-corrected chi connectivity index (χ1v) is 4.88. The minimum absolute atomic E-state index is 0.187. The molecule has 15 heavy (non-hydrogen) atoms. The van der Waals surface area contributed by atoms with Gasteiger partial charge in [-0.15, -0.1) is 0 Å². The van der Waals surface area contributed by atoms with Gasteiger partial charge in [0.05, 0.1) is 15.1 Å². The number of nitrogens with zero attached hydrogens (tertiary/aromatic N) is 2. The van der Waals surface area contributed by atoms with Crippen molar-refractivity contribution in [1.82, 2.24) is 4.98 Å². The monoisotopic (exact) mass is 247 g/mol. The van der Waals surface area contributed by atoms with E-state index in [1.54, 1.807) is 0 Å². The number of fused-ring (bicyclic) bond motifs is 1. The Morgan fingerprint density at radius 1 is 1.67 bits per heavy atom. The highest BCUT2D eigenvalue weighted by molar-refractivity contribution is 7.22. The van der Waals surface area contributed by atoms with Crippen molar-refractivity contribution in [2.24, 2.45) is 0 Å². The zero-order valence-corrected chi connectivity index (χ0v) is 8.60. The van der Waals surface area contributed by atoms with Crippen molar-refractivity contribution in [1.29, 1.82) is 0 Å². The highest BCUT2D eigenvalue weighted by Crippen LogP contribution is 2.36. The number of anilines is 1. The Balaban J connectivity index is 2.87. The van der Waals surface area contributed by atoms with Crippen LogP contribution in [0.25, 0.3) is 10.2 Å².